The van der Waals surface area contributed by atoms with Gasteiger partial charge in [0.25, 0.3) is 0 Å². The largest absolute Gasteiger partial charge is 0.326 e. The molecule has 8 heteroatoms. The highest BCUT2D eigenvalue weighted by molar-refractivity contribution is 6.32. The number of amides is 2. The Morgan fingerprint density at radius 3 is 1.39 bits per heavy atom. The predicted molar refractivity (Wildman–Crippen MR) is 146 cm³/mol. The molecule has 3 aliphatic rings. The van der Waals surface area contributed by atoms with Crippen LogP contribution in [0.25, 0.3) is 0 Å². The Balaban J connectivity index is 1.40. The van der Waals surface area contributed by atoms with Crippen molar-refractivity contribution >= 4 is 34.8 Å². The number of carbonyl (C=O) groups is 4. The number of quaternary nitrogens is 2. The lowest BCUT2D eigenvalue weighted by molar-refractivity contribution is -0.897. The molecule has 2 amide bonds. The highest BCUT2D eigenvalue weighted by atomic mass is 16.2. The first-order valence-corrected chi connectivity index (χ1v) is 13.8. The third kappa shape index (κ3) is 5.28. The van der Waals surface area contributed by atoms with Crippen LogP contribution in [0, 0.1) is 0 Å². The van der Waals surface area contributed by atoms with Crippen LogP contribution in [0.5, 0.6) is 0 Å². The number of nitrogens with one attached hydrogen (secondary N) is 2. The summed E-state index contributed by atoms with van der Waals surface area (Å²) in [6, 6.07) is 9.97. The van der Waals surface area contributed by atoms with Crippen molar-refractivity contribution in [3.63, 3.8) is 0 Å². The summed E-state index contributed by atoms with van der Waals surface area (Å²) >= 11 is 0. The van der Waals surface area contributed by atoms with Gasteiger partial charge in [0.1, 0.15) is 0 Å². The number of nitrogens with zero attached hydrogens (tertiary/aromatic N) is 2. The number of fused-ring (bicyclic) bond motifs is 2. The molecule has 38 heavy (non-hydrogen) atoms. The van der Waals surface area contributed by atoms with E-state index in [1.54, 1.807) is 36.4 Å². The molecule has 2 aliphatic heterocycles. The smallest absolute Gasteiger partial charge is 0.230 e. The fourth-order valence-electron chi connectivity index (χ4n) is 6.24. The second-order valence-corrected chi connectivity index (χ2v) is 11.7. The van der Waals surface area contributed by atoms with E-state index in [2.05, 4.69) is 24.7 Å². The van der Waals surface area contributed by atoms with E-state index in [9.17, 15) is 19.2 Å². The van der Waals surface area contributed by atoms with E-state index in [4.69, 9.17) is 0 Å². The van der Waals surface area contributed by atoms with Crippen molar-refractivity contribution in [3.8, 4) is 0 Å². The highest BCUT2D eigenvalue weighted by Crippen LogP contribution is 2.37. The number of hydrogen-bond donors (Lipinski definition) is 2. The number of rotatable bonds is 8. The minimum absolute atomic E-state index is 0.153. The molecule has 0 bridgehead atoms. The average molecular weight is 519 g/mol. The van der Waals surface area contributed by atoms with Crippen molar-refractivity contribution in [2.75, 3.05) is 64.0 Å². The molecule has 2 saturated heterocycles. The van der Waals surface area contributed by atoms with Crippen molar-refractivity contribution in [1.29, 1.82) is 0 Å². The first kappa shape index (κ1) is 26.3. The van der Waals surface area contributed by atoms with E-state index in [1.807, 2.05) is 0 Å². The highest BCUT2D eigenvalue weighted by Gasteiger charge is 2.35. The summed E-state index contributed by atoms with van der Waals surface area (Å²) in [5.74, 6) is -1.01. The summed E-state index contributed by atoms with van der Waals surface area (Å²) in [7, 11) is 4.34. The van der Waals surface area contributed by atoms with E-state index in [1.165, 1.54) is 25.7 Å². The van der Waals surface area contributed by atoms with Crippen LogP contribution in [0.1, 0.15) is 70.4 Å². The molecule has 0 spiro atoms. The summed E-state index contributed by atoms with van der Waals surface area (Å²) in [5, 5.41) is 5.81. The maximum absolute atomic E-state index is 13.6. The zero-order valence-corrected chi connectivity index (χ0v) is 22.5. The van der Waals surface area contributed by atoms with E-state index in [0.29, 0.717) is 35.3 Å². The van der Waals surface area contributed by atoms with Gasteiger partial charge in [-0.15, -0.1) is 0 Å². The molecule has 200 valence electrons. The Labute approximate surface area is 224 Å². The Morgan fingerprint density at radius 1 is 0.658 bits per heavy atom. The molecule has 5 rings (SSSR count). The van der Waals surface area contributed by atoms with Crippen LogP contribution in [-0.4, -0.2) is 85.7 Å². The lowest BCUT2D eigenvalue weighted by atomic mass is 9.82. The molecule has 0 aromatic heterocycles. The van der Waals surface area contributed by atoms with Crippen molar-refractivity contribution in [2.24, 2.45) is 0 Å². The molecule has 0 unspecified atom stereocenters. The van der Waals surface area contributed by atoms with Gasteiger partial charge in [0.2, 0.25) is 11.8 Å². The Bertz CT molecular complexity index is 1190. The quantitative estimate of drug-likeness (QED) is 0.446. The van der Waals surface area contributed by atoms with Crippen LogP contribution in [0.2, 0.25) is 0 Å². The summed E-state index contributed by atoms with van der Waals surface area (Å²) < 4.78 is 1.75. The minimum Gasteiger partial charge on any atom is -0.326 e. The second-order valence-electron chi connectivity index (χ2n) is 11.7. The number of benzene rings is 2. The lowest BCUT2D eigenvalue weighted by Crippen LogP contribution is -2.43. The fourth-order valence-corrected chi connectivity index (χ4v) is 6.24. The lowest BCUT2D eigenvalue weighted by Gasteiger charge is -2.29. The van der Waals surface area contributed by atoms with E-state index >= 15 is 0 Å². The maximum atomic E-state index is 13.6. The zero-order chi connectivity index (χ0) is 26.9. The average Bonchev–Trinajstić information content (AvgIpc) is 3.54. The van der Waals surface area contributed by atoms with Gasteiger partial charge in [-0.2, -0.15) is 0 Å². The topological polar surface area (TPSA) is 92.3 Å². The van der Waals surface area contributed by atoms with Gasteiger partial charge in [-0.05, 0) is 12.1 Å². The summed E-state index contributed by atoms with van der Waals surface area (Å²) in [6.07, 6.45) is 5.36. The van der Waals surface area contributed by atoms with Gasteiger partial charge in [0.05, 0.1) is 88.7 Å². The third-order valence-corrected chi connectivity index (χ3v) is 8.67. The standard InChI is InChI=1S/C30H36N4O4/c1-33(15-5-6-16-33)19-13-25(35)31-23-11-12-24(32-26(36)14-20-34(2)17-7-8-18-34)28-27(23)29(37)21-9-3-4-10-22(21)30(28)38/h3-4,9-12H,5-8,13-20H2,1-2H3/p+2. The predicted octanol–water partition coefficient (Wildman–Crippen LogP) is 3.60. The van der Waals surface area contributed by atoms with Gasteiger partial charge in [-0.3, -0.25) is 19.2 Å². The molecule has 1 aliphatic carbocycles. The molecule has 2 fully saturated rings. The molecule has 2 N–H and O–H groups in total. The van der Waals surface area contributed by atoms with Gasteiger partial charge >= 0.3 is 0 Å². The SMILES string of the molecule is C[N+]1(CCC(=O)Nc2ccc(NC(=O)CC[N+]3(C)CCCC3)c3c2C(=O)c2ccccc2C3=O)CCCC1. The number of ketones is 2. The van der Waals surface area contributed by atoms with Gasteiger partial charge in [0.15, 0.2) is 11.6 Å². The number of likely N-dealkylation sites (tertiary alicyclic amines) is 2. The van der Waals surface area contributed by atoms with Crippen LogP contribution >= 0.6 is 0 Å². The summed E-state index contributed by atoms with van der Waals surface area (Å²) in [6.45, 7) is 5.74. The van der Waals surface area contributed by atoms with Crippen LogP contribution in [0.4, 0.5) is 11.4 Å². The van der Waals surface area contributed by atoms with E-state index < -0.39 is 0 Å². The normalized spacial score (nSPS) is 19.1. The molecule has 2 aromatic rings. The minimum atomic E-state index is -0.324. The second kappa shape index (κ2) is 10.4. The zero-order valence-electron chi connectivity index (χ0n) is 22.5. The van der Waals surface area contributed by atoms with E-state index in [0.717, 1.165) is 48.2 Å². The molecular weight excluding hydrogens is 480 g/mol. The molecule has 0 atom stereocenters. The number of hydrogen-bond acceptors (Lipinski definition) is 4. The summed E-state index contributed by atoms with van der Waals surface area (Å²) in [4.78, 5) is 53.2. The molecular formula is C30H38N4O4+2. The Kier molecular flexibility index (Phi) is 7.20. The van der Waals surface area contributed by atoms with Crippen molar-refractivity contribution in [1.82, 2.24) is 0 Å². The molecule has 2 aromatic carbocycles. The van der Waals surface area contributed by atoms with Crippen molar-refractivity contribution in [3.05, 3.63) is 58.7 Å². The van der Waals surface area contributed by atoms with Crippen LogP contribution < -0.4 is 10.6 Å². The fraction of sp³-hybridized carbons (Fsp3) is 0.467. The van der Waals surface area contributed by atoms with Crippen LogP contribution in [0.15, 0.2) is 36.4 Å². The van der Waals surface area contributed by atoms with Gasteiger partial charge in [0, 0.05) is 36.8 Å². The molecule has 0 radical (unpaired) electrons. The van der Waals surface area contributed by atoms with Gasteiger partial charge in [-0.25, -0.2) is 0 Å². The monoisotopic (exact) mass is 518 g/mol. The third-order valence-electron chi connectivity index (χ3n) is 8.67. The maximum Gasteiger partial charge on any atom is 0.230 e. The van der Waals surface area contributed by atoms with Crippen molar-refractivity contribution < 1.29 is 28.1 Å². The Hall–Kier alpha value is -3.36. The first-order chi connectivity index (χ1) is 18.2. The Morgan fingerprint density at radius 2 is 1.03 bits per heavy atom. The van der Waals surface area contributed by atoms with Crippen LogP contribution in [-0.2, 0) is 9.59 Å². The van der Waals surface area contributed by atoms with E-state index in [-0.39, 0.29) is 34.5 Å². The molecule has 8 nitrogen and oxygen atoms in total. The van der Waals surface area contributed by atoms with Crippen LogP contribution in [0.3, 0.4) is 0 Å². The summed E-state index contributed by atoms with van der Waals surface area (Å²) in [5.41, 5.74) is 1.56. The van der Waals surface area contributed by atoms with Gasteiger partial charge in [-0.1, -0.05) is 24.3 Å². The first-order valence-electron chi connectivity index (χ1n) is 13.8. The van der Waals surface area contributed by atoms with Gasteiger partial charge < -0.3 is 19.6 Å². The molecule has 2 heterocycles. The molecule has 0 saturated carbocycles. The van der Waals surface area contributed by atoms with Crippen molar-refractivity contribution in [2.45, 2.75) is 38.5 Å². The number of carbonyl (C=O) groups excluding carboxylic acids is 4. The number of anilines is 2.